The molecule has 7 heteroatoms. The van der Waals surface area contributed by atoms with Crippen LogP contribution in [0.2, 0.25) is 0 Å². The summed E-state index contributed by atoms with van der Waals surface area (Å²) >= 11 is 0. The van der Waals surface area contributed by atoms with E-state index in [1.807, 2.05) is 83.7 Å². The fourth-order valence-electron chi connectivity index (χ4n) is 4.09. The number of rotatable bonds is 3. The largest absolute Gasteiger partial charge is 0.486 e. The number of amides is 1. The van der Waals surface area contributed by atoms with E-state index < -0.39 is 6.17 Å². The summed E-state index contributed by atoms with van der Waals surface area (Å²) in [7, 11) is 0. The average Bonchev–Trinajstić information content (AvgIpc) is 3.30. The number of fused-ring (bicyclic) bond motifs is 2. The van der Waals surface area contributed by atoms with Crippen LogP contribution in [0.3, 0.4) is 0 Å². The maximum atomic E-state index is 12.8. The molecule has 0 unspecified atom stereocenters. The lowest BCUT2D eigenvalue weighted by Crippen LogP contribution is -2.38. The Morgan fingerprint density at radius 1 is 0.875 bits per heavy atom. The first-order chi connectivity index (χ1) is 15.8. The molecule has 0 bridgehead atoms. The van der Waals surface area contributed by atoms with Gasteiger partial charge in [-0.1, -0.05) is 30.3 Å². The molecule has 0 aliphatic carbocycles. The molecular weight excluding hydrogens is 404 g/mol. The number of carbonyl (C=O) groups excluding carboxylic acids is 1. The molecule has 1 amide bonds. The third kappa shape index (κ3) is 3.15. The van der Waals surface area contributed by atoms with Crippen LogP contribution >= 0.6 is 0 Å². The van der Waals surface area contributed by atoms with E-state index in [-0.39, 0.29) is 5.91 Å². The minimum absolute atomic E-state index is 0.120. The SMILES string of the molecule is O=C1N[C@@H](c2cn(-c3ccccc3)nc2-c2ccc3c(c2)OCCO3)Nc2ccccc21. The number of carbonyl (C=O) groups is 1. The molecular formula is C25H20N4O3. The van der Waals surface area contributed by atoms with Crippen molar-refractivity contribution in [3.8, 4) is 28.4 Å². The van der Waals surface area contributed by atoms with Crippen molar-refractivity contribution in [3.63, 3.8) is 0 Å². The van der Waals surface area contributed by atoms with Crippen LogP contribution in [0.15, 0.2) is 79.0 Å². The number of aromatic nitrogens is 2. The van der Waals surface area contributed by atoms with E-state index in [1.54, 1.807) is 0 Å². The summed E-state index contributed by atoms with van der Waals surface area (Å²) in [6, 6.07) is 23.2. The number of benzene rings is 3. The molecule has 2 aliphatic rings. The highest BCUT2D eigenvalue weighted by Crippen LogP contribution is 2.37. The third-order valence-electron chi connectivity index (χ3n) is 5.64. The van der Waals surface area contributed by atoms with Crippen LogP contribution in [-0.4, -0.2) is 28.9 Å². The van der Waals surface area contributed by atoms with Gasteiger partial charge in [0.1, 0.15) is 25.1 Å². The molecule has 32 heavy (non-hydrogen) atoms. The summed E-state index contributed by atoms with van der Waals surface area (Å²) in [6.45, 7) is 1.05. The molecule has 2 N–H and O–H groups in total. The molecule has 1 aromatic heterocycles. The van der Waals surface area contributed by atoms with Crippen LogP contribution in [0.5, 0.6) is 11.5 Å². The summed E-state index contributed by atoms with van der Waals surface area (Å²) in [6.07, 6.45) is 1.52. The highest BCUT2D eigenvalue weighted by Gasteiger charge is 2.29. The summed E-state index contributed by atoms with van der Waals surface area (Å²) in [5, 5.41) is 11.4. The van der Waals surface area contributed by atoms with E-state index in [1.165, 1.54) is 0 Å². The molecule has 0 spiro atoms. The summed E-state index contributed by atoms with van der Waals surface area (Å²) in [4.78, 5) is 12.8. The van der Waals surface area contributed by atoms with Gasteiger partial charge in [-0.05, 0) is 42.5 Å². The zero-order valence-corrected chi connectivity index (χ0v) is 17.1. The maximum Gasteiger partial charge on any atom is 0.255 e. The first-order valence-corrected chi connectivity index (χ1v) is 10.5. The van der Waals surface area contributed by atoms with Crippen molar-refractivity contribution in [2.75, 3.05) is 18.5 Å². The molecule has 0 saturated carbocycles. The lowest BCUT2D eigenvalue weighted by Gasteiger charge is -2.28. The van der Waals surface area contributed by atoms with Crippen molar-refractivity contribution in [2.24, 2.45) is 0 Å². The Hall–Kier alpha value is -4.26. The Morgan fingerprint density at radius 2 is 1.66 bits per heavy atom. The Kier molecular flexibility index (Phi) is 4.31. The van der Waals surface area contributed by atoms with Crippen molar-refractivity contribution >= 4 is 11.6 Å². The predicted octanol–water partition coefficient (Wildman–Crippen LogP) is 4.16. The molecule has 0 saturated heterocycles. The Labute approximate surface area is 184 Å². The number of nitrogens with zero attached hydrogens (tertiary/aromatic N) is 2. The van der Waals surface area contributed by atoms with E-state index in [9.17, 15) is 4.79 Å². The van der Waals surface area contributed by atoms with E-state index in [0.717, 1.165) is 33.9 Å². The van der Waals surface area contributed by atoms with Gasteiger partial charge in [0.25, 0.3) is 5.91 Å². The summed E-state index contributed by atoms with van der Waals surface area (Å²) in [5.74, 6) is 1.30. The van der Waals surface area contributed by atoms with E-state index >= 15 is 0 Å². The third-order valence-corrected chi connectivity index (χ3v) is 5.64. The van der Waals surface area contributed by atoms with Gasteiger partial charge in [-0.2, -0.15) is 5.10 Å². The fraction of sp³-hybridized carbons (Fsp3) is 0.120. The van der Waals surface area contributed by atoms with Crippen molar-refractivity contribution in [3.05, 3.63) is 90.1 Å². The van der Waals surface area contributed by atoms with Crippen LogP contribution in [0.1, 0.15) is 22.1 Å². The summed E-state index contributed by atoms with van der Waals surface area (Å²) in [5.41, 5.74) is 4.84. The molecule has 2 aliphatic heterocycles. The van der Waals surface area contributed by atoms with Gasteiger partial charge in [-0.15, -0.1) is 0 Å². The van der Waals surface area contributed by atoms with Crippen molar-refractivity contribution in [1.82, 2.24) is 15.1 Å². The number of ether oxygens (including phenoxy) is 2. The number of para-hydroxylation sites is 2. The fourth-order valence-corrected chi connectivity index (χ4v) is 4.09. The normalized spacial score (nSPS) is 16.6. The van der Waals surface area contributed by atoms with Crippen LogP contribution in [0.4, 0.5) is 5.69 Å². The molecule has 158 valence electrons. The van der Waals surface area contributed by atoms with Gasteiger partial charge in [0, 0.05) is 23.0 Å². The standard InChI is InChI=1S/C25H20N4O3/c30-25-18-8-4-5-9-20(18)26-24(27-25)19-15-29(17-6-2-1-3-7-17)28-23(19)16-10-11-21-22(14-16)32-13-12-31-21/h1-11,14-15,24,26H,12-13H2,(H,27,30)/t24-/m0/s1. The second kappa shape index (κ2) is 7.46. The first-order valence-electron chi connectivity index (χ1n) is 10.5. The second-order valence-electron chi connectivity index (χ2n) is 7.67. The smallest absolute Gasteiger partial charge is 0.255 e. The minimum Gasteiger partial charge on any atom is -0.486 e. The maximum absolute atomic E-state index is 12.8. The zero-order valence-electron chi connectivity index (χ0n) is 17.1. The topological polar surface area (TPSA) is 77.4 Å². The van der Waals surface area contributed by atoms with Crippen LogP contribution in [0, 0.1) is 0 Å². The van der Waals surface area contributed by atoms with E-state index in [4.69, 9.17) is 14.6 Å². The van der Waals surface area contributed by atoms with Gasteiger partial charge < -0.3 is 20.1 Å². The second-order valence-corrected chi connectivity index (χ2v) is 7.67. The highest BCUT2D eigenvalue weighted by atomic mass is 16.6. The minimum atomic E-state index is -0.432. The molecule has 0 radical (unpaired) electrons. The lowest BCUT2D eigenvalue weighted by atomic mass is 10.0. The average molecular weight is 424 g/mol. The van der Waals surface area contributed by atoms with Crippen LogP contribution < -0.4 is 20.1 Å². The molecule has 0 fully saturated rings. The Balaban J connectivity index is 1.47. The van der Waals surface area contributed by atoms with Gasteiger partial charge >= 0.3 is 0 Å². The van der Waals surface area contributed by atoms with Crippen LogP contribution in [0.25, 0.3) is 16.9 Å². The highest BCUT2D eigenvalue weighted by molar-refractivity contribution is 6.01. The molecule has 7 nitrogen and oxygen atoms in total. The summed E-state index contributed by atoms with van der Waals surface area (Å²) < 4.78 is 13.3. The molecule has 1 atom stereocenters. The van der Waals surface area contributed by atoms with Gasteiger partial charge in [-0.3, -0.25) is 4.79 Å². The number of nitrogens with one attached hydrogen (secondary N) is 2. The Bertz CT molecular complexity index is 1320. The van der Waals surface area contributed by atoms with E-state index in [2.05, 4.69) is 10.6 Å². The van der Waals surface area contributed by atoms with Gasteiger partial charge in [-0.25, -0.2) is 4.68 Å². The van der Waals surface area contributed by atoms with Crippen molar-refractivity contribution in [2.45, 2.75) is 6.17 Å². The van der Waals surface area contributed by atoms with Gasteiger partial charge in [0.2, 0.25) is 0 Å². The molecule has 6 rings (SSSR count). The van der Waals surface area contributed by atoms with Crippen LogP contribution in [-0.2, 0) is 0 Å². The van der Waals surface area contributed by atoms with E-state index in [0.29, 0.717) is 24.5 Å². The predicted molar refractivity (Wildman–Crippen MR) is 120 cm³/mol. The number of hydrogen-bond acceptors (Lipinski definition) is 5. The Morgan fingerprint density at radius 3 is 2.53 bits per heavy atom. The number of hydrogen-bond donors (Lipinski definition) is 2. The van der Waals surface area contributed by atoms with Gasteiger partial charge in [0.15, 0.2) is 11.5 Å². The molecule has 3 heterocycles. The van der Waals surface area contributed by atoms with Gasteiger partial charge in [0.05, 0.1) is 11.3 Å². The number of anilines is 1. The molecule has 4 aromatic rings. The lowest BCUT2D eigenvalue weighted by molar-refractivity contribution is 0.0936. The monoisotopic (exact) mass is 424 g/mol. The quantitative estimate of drug-likeness (QED) is 0.516. The molecule has 3 aromatic carbocycles. The van der Waals surface area contributed by atoms with Crippen molar-refractivity contribution < 1.29 is 14.3 Å². The van der Waals surface area contributed by atoms with Crippen molar-refractivity contribution in [1.29, 1.82) is 0 Å². The zero-order chi connectivity index (χ0) is 21.5. The first kappa shape index (κ1) is 18.5.